The van der Waals surface area contributed by atoms with Crippen molar-refractivity contribution in [3.8, 4) is 0 Å². The lowest BCUT2D eigenvalue weighted by Crippen LogP contribution is -2.23. The Kier molecular flexibility index (Phi) is 4.40. The highest BCUT2D eigenvalue weighted by Gasteiger charge is 2.10. The first-order valence-corrected chi connectivity index (χ1v) is 6.30. The Morgan fingerprint density at radius 3 is 2.53 bits per heavy atom. The monoisotopic (exact) mass is 297 g/mol. The van der Waals surface area contributed by atoms with E-state index in [1.807, 2.05) is 0 Å². The van der Waals surface area contributed by atoms with Gasteiger partial charge in [-0.15, -0.1) is 0 Å². The molecule has 0 radical (unpaired) electrons. The van der Waals surface area contributed by atoms with E-state index in [1.54, 1.807) is 24.3 Å². The van der Waals surface area contributed by atoms with Gasteiger partial charge in [-0.25, -0.2) is 4.39 Å². The van der Waals surface area contributed by atoms with E-state index in [4.69, 9.17) is 23.2 Å². The van der Waals surface area contributed by atoms with Gasteiger partial charge < -0.3 is 5.32 Å². The molecule has 2 nitrogen and oxygen atoms in total. The number of amides is 1. The fourth-order valence-electron chi connectivity index (χ4n) is 1.57. The van der Waals surface area contributed by atoms with Crippen LogP contribution < -0.4 is 5.32 Å². The van der Waals surface area contributed by atoms with Crippen LogP contribution in [0, 0.1) is 5.82 Å². The topological polar surface area (TPSA) is 29.1 Å². The molecule has 19 heavy (non-hydrogen) atoms. The van der Waals surface area contributed by atoms with Gasteiger partial charge in [-0.3, -0.25) is 4.79 Å². The molecule has 1 N–H and O–H groups in total. The number of rotatable bonds is 3. The van der Waals surface area contributed by atoms with Crippen LogP contribution in [0.5, 0.6) is 0 Å². The average Bonchev–Trinajstić information content (AvgIpc) is 2.40. The summed E-state index contributed by atoms with van der Waals surface area (Å²) in [5, 5.41) is 3.49. The Balaban J connectivity index is 2.04. The largest absolute Gasteiger partial charge is 0.348 e. The van der Waals surface area contributed by atoms with Crippen molar-refractivity contribution in [2.24, 2.45) is 0 Å². The summed E-state index contributed by atoms with van der Waals surface area (Å²) in [6.45, 7) is 0.254. The number of benzene rings is 2. The predicted molar refractivity (Wildman–Crippen MR) is 74.0 cm³/mol. The standard InChI is InChI=1S/C14H10Cl2FNO/c15-11-6-5-9(7-12(11)16)8-18-14(19)10-3-1-2-4-13(10)17/h1-7H,8H2,(H,18,19). The molecule has 0 aliphatic heterocycles. The quantitative estimate of drug-likeness (QED) is 0.909. The molecule has 2 aromatic carbocycles. The van der Waals surface area contributed by atoms with E-state index < -0.39 is 11.7 Å². The van der Waals surface area contributed by atoms with E-state index in [0.29, 0.717) is 10.0 Å². The molecule has 2 rings (SSSR count). The third-order valence-corrected chi connectivity index (χ3v) is 3.29. The smallest absolute Gasteiger partial charge is 0.254 e. The Labute approximate surface area is 120 Å². The number of hydrogen-bond donors (Lipinski definition) is 1. The second-order valence-electron chi connectivity index (χ2n) is 3.91. The van der Waals surface area contributed by atoms with Gasteiger partial charge in [-0.2, -0.15) is 0 Å². The van der Waals surface area contributed by atoms with Crippen molar-refractivity contribution in [2.45, 2.75) is 6.54 Å². The van der Waals surface area contributed by atoms with Gasteiger partial charge >= 0.3 is 0 Å². The van der Waals surface area contributed by atoms with Gasteiger partial charge in [0.2, 0.25) is 0 Å². The highest BCUT2D eigenvalue weighted by Crippen LogP contribution is 2.22. The highest BCUT2D eigenvalue weighted by molar-refractivity contribution is 6.42. The molecule has 1 amide bonds. The zero-order valence-corrected chi connectivity index (χ0v) is 11.3. The van der Waals surface area contributed by atoms with Gasteiger partial charge in [0, 0.05) is 6.54 Å². The van der Waals surface area contributed by atoms with Crippen LogP contribution in [0.4, 0.5) is 4.39 Å². The maximum Gasteiger partial charge on any atom is 0.254 e. The summed E-state index contributed by atoms with van der Waals surface area (Å²) in [7, 11) is 0. The molecule has 0 atom stereocenters. The van der Waals surface area contributed by atoms with Crippen molar-refractivity contribution in [3.63, 3.8) is 0 Å². The van der Waals surface area contributed by atoms with Crippen molar-refractivity contribution in [1.29, 1.82) is 0 Å². The van der Waals surface area contributed by atoms with Crippen LogP contribution in [-0.2, 0) is 6.54 Å². The number of halogens is 3. The summed E-state index contributed by atoms with van der Waals surface area (Å²) in [5.41, 5.74) is 0.807. The van der Waals surface area contributed by atoms with Crippen LogP contribution in [0.3, 0.4) is 0 Å². The van der Waals surface area contributed by atoms with Crippen molar-refractivity contribution in [1.82, 2.24) is 5.32 Å². The van der Waals surface area contributed by atoms with E-state index in [-0.39, 0.29) is 12.1 Å². The molecule has 0 saturated heterocycles. The first kappa shape index (κ1) is 13.8. The van der Waals surface area contributed by atoms with E-state index in [2.05, 4.69) is 5.32 Å². The summed E-state index contributed by atoms with van der Waals surface area (Å²) in [5.74, 6) is -1.02. The minimum Gasteiger partial charge on any atom is -0.348 e. The highest BCUT2D eigenvalue weighted by atomic mass is 35.5. The molecular weight excluding hydrogens is 288 g/mol. The molecule has 2 aromatic rings. The van der Waals surface area contributed by atoms with E-state index in [1.165, 1.54) is 18.2 Å². The lowest BCUT2D eigenvalue weighted by molar-refractivity contribution is 0.0947. The SMILES string of the molecule is O=C(NCc1ccc(Cl)c(Cl)c1)c1ccccc1F. The Morgan fingerprint density at radius 1 is 1.11 bits per heavy atom. The van der Waals surface area contributed by atoms with Crippen LogP contribution >= 0.6 is 23.2 Å². The van der Waals surface area contributed by atoms with Crippen LogP contribution in [0.1, 0.15) is 15.9 Å². The summed E-state index contributed by atoms with van der Waals surface area (Å²) in [6.07, 6.45) is 0. The summed E-state index contributed by atoms with van der Waals surface area (Å²) < 4.78 is 13.4. The minimum absolute atomic E-state index is 0.0163. The molecule has 0 unspecified atom stereocenters. The van der Waals surface area contributed by atoms with Crippen molar-refractivity contribution in [2.75, 3.05) is 0 Å². The number of carbonyl (C=O) groups excluding carboxylic acids is 1. The first-order valence-electron chi connectivity index (χ1n) is 5.54. The second kappa shape index (κ2) is 6.04. The maximum atomic E-state index is 13.4. The van der Waals surface area contributed by atoms with Crippen LogP contribution in [0.2, 0.25) is 10.0 Å². The van der Waals surface area contributed by atoms with Crippen LogP contribution in [0.15, 0.2) is 42.5 Å². The molecule has 0 aromatic heterocycles. The summed E-state index contributed by atoms with van der Waals surface area (Å²) in [6, 6.07) is 10.9. The van der Waals surface area contributed by atoms with Gasteiger partial charge in [0.25, 0.3) is 5.91 Å². The number of hydrogen-bond acceptors (Lipinski definition) is 1. The summed E-state index contributed by atoms with van der Waals surface area (Å²) in [4.78, 5) is 11.8. The minimum atomic E-state index is -0.547. The zero-order chi connectivity index (χ0) is 13.8. The Morgan fingerprint density at radius 2 is 1.84 bits per heavy atom. The molecule has 0 bridgehead atoms. The Hall–Kier alpha value is -1.58. The van der Waals surface area contributed by atoms with Crippen LogP contribution in [0.25, 0.3) is 0 Å². The third-order valence-electron chi connectivity index (χ3n) is 2.56. The van der Waals surface area contributed by atoms with Crippen molar-refractivity contribution in [3.05, 3.63) is 69.5 Å². The van der Waals surface area contributed by atoms with Gasteiger partial charge in [0.15, 0.2) is 0 Å². The zero-order valence-electron chi connectivity index (χ0n) is 9.79. The molecule has 98 valence electrons. The lowest BCUT2D eigenvalue weighted by atomic mass is 10.2. The van der Waals surface area contributed by atoms with Gasteiger partial charge in [0.05, 0.1) is 15.6 Å². The molecule has 0 saturated carbocycles. The normalized spacial score (nSPS) is 10.3. The molecule has 0 spiro atoms. The number of carbonyl (C=O) groups is 1. The average molecular weight is 298 g/mol. The van der Waals surface area contributed by atoms with E-state index in [0.717, 1.165) is 5.56 Å². The van der Waals surface area contributed by atoms with Gasteiger partial charge in [0.1, 0.15) is 5.82 Å². The second-order valence-corrected chi connectivity index (χ2v) is 4.73. The lowest BCUT2D eigenvalue weighted by Gasteiger charge is -2.07. The van der Waals surface area contributed by atoms with Gasteiger partial charge in [-0.1, -0.05) is 41.4 Å². The van der Waals surface area contributed by atoms with Gasteiger partial charge in [-0.05, 0) is 29.8 Å². The summed E-state index contributed by atoms with van der Waals surface area (Å²) >= 11 is 11.7. The van der Waals surface area contributed by atoms with E-state index in [9.17, 15) is 9.18 Å². The molecule has 0 fully saturated rings. The molecular formula is C14H10Cl2FNO. The predicted octanol–water partition coefficient (Wildman–Crippen LogP) is 4.06. The first-order chi connectivity index (χ1) is 9.08. The third kappa shape index (κ3) is 3.46. The fraction of sp³-hybridized carbons (Fsp3) is 0.0714. The Bertz CT molecular complexity index is 616. The molecule has 0 heterocycles. The maximum absolute atomic E-state index is 13.4. The molecule has 0 aliphatic carbocycles. The van der Waals surface area contributed by atoms with E-state index >= 15 is 0 Å². The molecule has 5 heteroatoms. The van der Waals surface area contributed by atoms with Crippen molar-refractivity contribution < 1.29 is 9.18 Å². The van der Waals surface area contributed by atoms with Crippen molar-refractivity contribution >= 4 is 29.1 Å². The fourth-order valence-corrected chi connectivity index (χ4v) is 1.89. The number of nitrogens with one attached hydrogen (secondary N) is 1. The van der Waals surface area contributed by atoms with Crippen LogP contribution in [-0.4, -0.2) is 5.91 Å². The molecule has 0 aliphatic rings.